The van der Waals surface area contributed by atoms with Gasteiger partial charge in [0.1, 0.15) is 16.4 Å². The van der Waals surface area contributed by atoms with E-state index in [4.69, 9.17) is 9.47 Å². The van der Waals surface area contributed by atoms with E-state index < -0.39 is 15.9 Å². The van der Waals surface area contributed by atoms with Crippen molar-refractivity contribution in [3.63, 3.8) is 0 Å². The number of hydrogen-bond acceptors (Lipinski definition) is 5. The molecule has 0 fully saturated rings. The number of amides is 1. The molecule has 3 rings (SSSR count). The third-order valence-electron chi connectivity index (χ3n) is 4.99. The van der Waals surface area contributed by atoms with Crippen LogP contribution in [-0.4, -0.2) is 28.5 Å². The highest BCUT2D eigenvalue weighted by atomic mass is 32.2. The van der Waals surface area contributed by atoms with E-state index in [2.05, 4.69) is 10.0 Å². The Hall–Kier alpha value is -3.36. The maximum Gasteiger partial charge on any atom is 0.251 e. The number of ether oxygens (including phenoxy) is 2. The highest BCUT2D eigenvalue weighted by Gasteiger charge is 2.22. The summed E-state index contributed by atoms with van der Waals surface area (Å²) in [6.45, 7) is 1.97. The van der Waals surface area contributed by atoms with Crippen LogP contribution in [0.4, 0.5) is 0 Å². The summed E-state index contributed by atoms with van der Waals surface area (Å²) in [5, 5.41) is 2.89. The first kappa shape index (κ1) is 23.3. The SMILES string of the molecule is COc1ccc([C@@H](C)NC(=O)c2ccc(OC)c(S(=O)(=O)NCc3ccccc3)c2)cc1. The summed E-state index contributed by atoms with van der Waals surface area (Å²) in [4.78, 5) is 12.7. The Morgan fingerprint density at radius 2 is 1.62 bits per heavy atom. The smallest absolute Gasteiger partial charge is 0.251 e. The zero-order valence-corrected chi connectivity index (χ0v) is 19.0. The zero-order valence-electron chi connectivity index (χ0n) is 18.2. The number of methoxy groups -OCH3 is 2. The largest absolute Gasteiger partial charge is 0.497 e. The first-order valence-electron chi connectivity index (χ1n) is 10.0. The first-order chi connectivity index (χ1) is 15.3. The predicted octanol–water partition coefficient (Wildman–Crippen LogP) is 3.67. The molecule has 0 heterocycles. The van der Waals surface area contributed by atoms with Crippen LogP contribution in [0.5, 0.6) is 11.5 Å². The maximum absolute atomic E-state index is 12.9. The Morgan fingerprint density at radius 3 is 2.25 bits per heavy atom. The van der Waals surface area contributed by atoms with Crippen molar-refractivity contribution < 1.29 is 22.7 Å². The van der Waals surface area contributed by atoms with Gasteiger partial charge in [0.05, 0.1) is 20.3 Å². The predicted molar refractivity (Wildman–Crippen MR) is 122 cm³/mol. The summed E-state index contributed by atoms with van der Waals surface area (Å²) < 4.78 is 38.8. The quantitative estimate of drug-likeness (QED) is 0.515. The van der Waals surface area contributed by atoms with Gasteiger partial charge in [-0.25, -0.2) is 13.1 Å². The molecule has 2 N–H and O–H groups in total. The van der Waals surface area contributed by atoms with Crippen LogP contribution in [0.25, 0.3) is 0 Å². The van der Waals surface area contributed by atoms with Crippen molar-refractivity contribution >= 4 is 15.9 Å². The van der Waals surface area contributed by atoms with Crippen LogP contribution in [0.1, 0.15) is 34.5 Å². The van der Waals surface area contributed by atoms with E-state index >= 15 is 0 Å². The first-order valence-corrected chi connectivity index (χ1v) is 11.5. The number of rotatable bonds is 9. The minimum absolute atomic E-state index is 0.0966. The molecule has 0 radical (unpaired) electrons. The Kier molecular flexibility index (Phi) is 7.50. The summed E-state index contributed by atoms with van der Waals surface area (Å²) in [7, 11) is -0.941. The number of carbonyl (C=O) groups is 1. The minimum atomic E-state index is -3.91. The molecule has 0 aliphatic carbocycles. The van der Waals surface area contributed by atoms with Crippen molar-refractivity contribution in [1.29, 1.82) is 0 Å². The summed E-state index contributed by atoms with van der Waals surface area (Å²) in [5.74, 6) is 0.487. The van der Waals surface area contributed by atoms with Crippen LogP contribution >= 0.6 is 0 Å². The highest BCUT2D eigenvalue weighted by Crippen LogP contribution is 2.26. The van der Waals surface area contributed by atoms with Crippen LogP contribution in [0.15, 0.2) is 77.7 Å². The van der Waals surface area contributed by atoms with E-state index in [0.29, 0.717) is 0 Å². The number of benzene rings is 3. The van der Waals surface area contributed by atoms with Gasteiger partial charge in [0, 0.05) is 12.1 Å². The summed E-state index contributed by atoms with van der Waals surface area (Å²) in [5.41, 5.74) is 1.92. The topological polar surface area (TPSA) is 93.7 Å². The van der Waals surface area contributed by atoms with Gasteiger partial charge in [0.15, 0.2) is 0 Å². The maximum atomic E-state index is 12.9. The monoisotopic (exact) mass is 454 g/mol. The van der Waals surface area contributed by atoms with Crippen LogP contribution in [0, 0.1) is 0 Å². The lowest BCUT2D eigenvalue weighted by Gasteiger charge is -2.16. The van der Waals surface area contributed by atoms with Crippen molar-refractivity contribution in [2.45, 2.75) is 24.4 Å². The van der Waals surface area contributed by atoms with Gasteiger partial charge < -0.3 is 14.8 Å². The van der Waals surface area contributed by atoms with E-state index in [1.54, 1.807) is 7.11 Å². The van der Waals surface area contributed by atoms with Gasteiger partial charge in [-0.2, -0.15) is 0 Å². The van der Waals surface area contributed by atoms with Gasteiger partial charge in [-0.3, -0.25) is 4.79 Å². The van der Waals surface area contributed by atoms with Crippen LogP contribution < -0.4 is 19.5 Å². The van der Waals surface area contributed by atoms with Gasteiger partial charge in [-0.15, -0.1) is 0 Å². The van der Waals surface area contributed by atoms with Crippen LogP contribution in [0.3, 0.4) is 0 Å². The average molecular weight is 455 g/mol. The van der Waals surface area contributed by atoms with Gasteiger partial charge in [-0.1, -0.05) is 42.5 Å². The molecular formula is C24H26N2O5S. The summed E-state index contributed by atoms with van der Waals surface area (Å²) in [6.07, 6.45) is 0. The lowest BCUT2D eigenvalue weighted by molar-refractivity contribution is 0.0939. The molecule has 7 nitrogen and oxygen atoms in total. The summed E-state index contributed by atoms with van der Waals surface area (Å²) >= 11 is 0. The van der Waals surface area contributed by atoms with Gasteiger partial charge in [0.2, 0.25) is 10.0 Å². The van der Waals surface area contributed by atoms with E-state index in [-0.39, 0.29) is 28.8 Å². The number of sulfonamides is 1. The Balaban J connectivity index is 1.78. The number of nitrogens with one attached hydrogen (secondary N) is 2. The van der Waals surface area contributed by atoms with E-state index in [9.17, 15) is 13.2 Å². The van der Waals surface area contributed by atoms with Gasteiger partial charge >= 0.3 is 0 Å². The zero-order chi connectivity index (χ0) is 23.1. The Labute approximate surface area is 188 Å². The second-order valence-electron chi connectivity index (χ2n) is 7.14. The molecule has 32 heavy (non-hydrogen) atoms. The molecule has 0 aliphatic rings. The molecule has 0 aromatic heterocycles. The number of carbonyl (C=O) groups excluding carboxylic acids is 1. The van der Waals surface area contributed by atoms with Crippen molar-refractivity contribution in [1.82, 2.24) is 10.0 Å². The highest BCUT2D eigenvalue weighted by molar-refractivity contribution is 7.89. The van der Waals surface area contributed by atoms with Gasteiger partial charge in [-0.05, 0) is 48.4 Å². The second kappa shape index (κ2) is 10.3. The molecule has 0 saturated heterocycles. The van der Waals surface area contributed by atoms with E-state index in [0.717, 1.165) is 16.9 Å². The molecule has 0 saturated carbocycles. The van der Waals surface area contributed by atoms with Crippen molar-refractivity contribution in [3.05, 3.63) is 89.5 Å². The molecule has 1 amide bonds. The van der Waals surface area contributed by atoms with E-state index in [1.165, 1.54) is 25.3 Å². The average Bonchev–Trinajstić information content (AvgIpc) is 2.83. The molecule has 0 spiro atoms. The fourth-order valence-electron chi connectivity index (χ4n) is 3.14. The number of hydrogen-bond donors (Lipinski definition) is 2. The van der Waals surface area contributed by atoms with Crippen LogP contribution in [0.2, 0.25) is 0 Å². The summed E-state index contributed by atoms with van der Waals surface area (Å²) in [6, 6.07) is 20.6. The fraction of sp³-hybridized carbons (Fsp3) is 0.208. The third kappa shape index (κ3) is 5.66. The molecule has 1 atom stereocenters. The normalized spacial score (nSPS) is 12.1. The van der Waals surface area contributed by atoms with Crippen molar-refractivity contribution in [2.24, 2.45) is 0 Å². The van der Waals surface area contributed by atoms with Gasteiger partial charge in [0.25, 0.3) is 5.91 Å². The lowest BCUT2D eigenvalue weighted by Crippen LogP contribution is -2.28. The third-order valence-corrected chi connectivity index (χ3v) is 6.41. The molecule has 8 heteroatoms. The van der Waals surface area contributed by atoms with Crippen LogP contribution in [-0.2, 0) is 16.6 Å². The molecular weight excluding hydrogens is 428 g/mol. The molecule has 168 valence electrons. The molecule has 0 bridgehead atoms. The molecule has 3 aromatic carbocycles. The van der Waals surface area contributed by atoms with E-state index in [1.807, 2.05) is 61.5 Å². The minimum Gasteiger partial charge on any atom is -0.497 e. The Bertz CT molecular complexity index is 1160. The molecule has 0 unspecified atom stereocenters. The van der Waals surface area contributed by atoms with Crippen molar-refractivity contribution in [3.8, 4) is 11.5 Å². The molecule has 0 aliphatic heterocycles. The lowest BCUT2D eigenvalue weighted by atomic mass is 10.1. The second-order valence-corrected chi connectivity index (χ2v) is 8.88. The van der Waals surface area contributed by atoms with Crippen molar-refractivity contribution in [2.75, 3.05) is 14.2 Å². The molecule has 3 aromatic rings. The fourth-order valence-corrected chi connectivity index (χ4v) is 4.35. The Morgan fingerprint density at radius 1 is 0.938 bits per heavy atom. The standard InChI is InChI=1S/C24H26N2O5S/c1-17(19-9-12-21(30-2)13-10-19)26-24(27)20-11-14-22(31-3)23(15-20)32(28,29)25-16-18-7-5-4-6-8-18/h4-15,17,25H,16H2,1-3H3,(H,26,27)/t17-/m1/s1.